The van der Waals surface area contributed by atoms with Crippen LogP contribution in [0.25, 0.3) is 0 Å². The molecule has 2 rings (SSSR count). The van der Waals surface area contributed by atoms with Crippen molar-refractivity contribution in [3.63, 3.8) is 0 Å². The van der Waals surface area contributed by atoms with Gasteiger partial charge in [-0.25, -0.2) is 12.8 Å². The van der Waals surface area contributed by atoms with E-state index in [-0.39, 0.29) is 10.6 Å². The van der Waals surface area contributed by atoms with Gasteiger partial charge in [-0.1, -0.05) is 24.3 Å². The lowest BCUT2D eigenvalue weighted by Crippen LogP contribution is -2.07. The lowest BCUT2D eigenvalue weighted by atomic mass is 10.2. The Kier molecular flexibility index (Phi) is 3.80. The van der Waals surface area contributed by atoms with Gasteiger partial charge in [-0.05, 0) is 17.7 Å². The quantitative estimate of drug-likeness (QED) is 0.642. The summed E-state index contributed by atoms with van der Waals surface area (Å²) < 4.78 is 37.6. The molecule has 0 aromatic heterocycles. The van der Waals surface area contributed by atoms with Gasteiger partial charge in [-0.15, -0.1) is 0 Å². The van der Waals surface area contributed by atoms with Gasteiger partial charge in [0, 0.05) is 12.1 Å². The Morgan fingerprint density at radius 1 is 1.05 bits per heavy atom. The maximum Gasteiger partial charge on any atom is 0.269 e. The Morgan fingerprint density at radius 3 is 2.20 bits per heavy atom. The first-order valence-corrected chi connectivity index (χ1v) is 7.26. The Hall–Kier alpha value is -2.28. The van der Waals surface area contributed by atoms with E-state index >= 15 is 0 Å². The number of benzene rings is 2. The first-order chi connectivity index (χ1) is 9.40. The van der Waals surface area contributed by atoms with Gasteiger partial charge >= 0.3 is 0 Å². The molecule has 104 valence electrons. The highest BCUT2D eigenvalue weighted by Crippen LogP contribution is 2.20. The van der Waals surface area contributed by atoms with Gasteiger partial charge in [-0.2, -0.15) is 0 Å². The lowest BCUT2D eigenvalue weighted by molar-refractivity contribution is -0.384. The molecule has 0 N–H and O–H groups in total. The Balaban J connectivity index is 2.29. The third kappa shape index (κ3) is 3.00. The van der Waals surface area contributed by atoms with Gasteiger partial charge in [0.1, 0.15) is 10.7 Å². The maximum absolute atomic E-state index is 13.5. The minimum absolute atomic E-state index is 0.128. The molecular formula is C13H10FNO4S. The van der Waals surface area contributed by atoms with Crippen LogP contribution in [-0.4, -0.2) is 13.3 Å². The third-order valence-corrected chi connectivity index (χ3v) is 4.39. The third-order valence-electron chi connectivity index (χ3n) is 2.68. The molecule has 0 radical (unpaired) electrons. The number of hydrogen-bond acceptors (Lipinski definition) is 4. The van der Waals surface area contributed by atoms with Gasteiger partial charge in [0.25, 0.3) is 5.69 Å². The molecule has 2 aromatic carbocycles. The minimum atomic E-state index is -3.82. The Bertz CT molecular complexity index is 741. The molecule has 2 aromatic rings. The normalized spacial score (nSPS) is 11.2. The molecule has 0 saturated carbocycles. The van der Waals surface area contributed by atoms with Crippen molar-refractivity contribution in [3.05, 3.63) is 70.0 Å². The SMILES string of the molecule is O=[N+]([O-])c1ccc(CS(=O)(=O)c2ccccc2F)cc1. The second kappa shape index (κ2) is 5.38. The summed E-state index contributed by atoms with van der Waals surface area (Å²) in [5.74, 6) is -1.22. The predicted molar refractivity (Wildman–Crippen MR) is 70.4 cm³/mol. The second-order valence-corrected chi connectivity index (χ2v) is 6.07. The van der Waals surface area contributed by atoms with E-state index in [9.17, 15) is 22.9 Å². The standard InChI is InChI=1S/C13H10FNO4S/c14-12-3-1-2-4-13(12)20(18,19)9-10-5-7-11(8-6-10)15(16)17/h1-8H,9H2. The number of hydrogen-bond donors (Lipinski definition) is 0. The average molecular weight is 295 g/mol. The van der Waals surface area contributed by atoms with Crippen molar-refractivity contribution in [1.29, 1.82) is 0 Å². The van der Waals surface area contributed by atoms with Crippen LogP contribution >= 0.6 is 0 Å². The first-order valence-electron chi connectivity index (χ1n) is 5.61. The monoisotopic (exact) mass is 295 g/mol. The number of sulfone groups is 1. The molecule has 7 heteroatoms. The number of non-ortho nitro benzene ring substituents is 1. The van der Waals surface area contributed by atoms with E-state index in [2.05, 4.69) is 0 Å². The topological polar surface area (TPSA) is 77.3 Å². The minimum Gasteiger partial charge on any atom is -0.258 e. The van der Waals surface area contributed by atoms with Crippen LogP contribution in [-0.2, 0) is 15.6 Å². The van der Waals surface area contributed by atoms with E-state index in [1.807, 2.05) is 0 Å². The number of nitro benzene ring substituents is 1. The van der Waals surface area contributed by atoms with Crippen LogP contribution in [0.5, 0.6) is 0 Å². The van der Waals surface area contributed by atoms with Crippen molar-refractivity contribution in [2.75, 3.05) is 0 Å². The number of halogens is 1. The van der Waals surface area contributed by atoms with Crippen LogP contribution in [0.2, 0.25) is 0 Å². The van der Waals surface area contributed by atoms with Crippen LogP contribution in [0.4, 0.5) is 10.1 Å². The smallest absolute Gasteiger partial charge is 0.258 e. The van der Waals surface area contributed by atoms with Crippen LogP contribution in [0.15, 0.2) is 53.4 Å². The average Bonchev–Trinajstić information content (AvgIpc) is 2.39. The summed E-state index contributed by atoms with van der Waals surface area (Å²) >= 11 is 0. The fourth-order valence-corrected chi connectivity index (χ4v) is 3.15. The van der Waals surface area contributed by atoms with Gasteiger partial charge in [0.15, 0.2) is 9.84 Å². The van der Waals surface area contributed by atoms with Crippen LogP contribution < -0.4 is 0 Å². The van der Waals surface area contributed by atoms with Crippen molar-refractivity contribution in [3.8, 4) is 0 Å². The van der Waals surface area contributed by atoms with E-state index < -0.39 is 26.3 Å². The first kappa shape index (κ1) is 14.1. The van der Waals surface area contributed by atoms with Crippen molar-refractivity contribution in [1.82, 2.24) is 0 Å². The molecule has 0 fully saturated rings. The van der Waals surface area contributed by atoms with Crippen molar-refractivity contribution in [2.24, 2.45) is 0 Å². The zero-order valence-corrected chi connectivity index (χ0v) is 11.0. The van der Waals surface area contributed by atoms with E-state index in [0.29, 0.717) is 5.56 Å². The molecule has 0 aliphatic heterocycles. The number of nitro groups is 1. The predicted octanol–water partition coefficient (Wildman–Crippen LogP) is 2.71. The summed E-state index contributed by atoms with van der Waals surface area (Å²) in [5, 5.41) is 10.5. The lowest BCUT2D eigenvalue weighted by Gasteiger charge is -2.05. The zero-order valence-electron chi connectivity index (χ0n) is 10.2. The van der Waals surface area contributed by atoms with E-state index in [0.717, 1.165) is 6.07 Å². The molecule has 0 aliphatic rings. The van der Waals surface area contributed by atoms with Crippen molar-refractivity contribution in [2.45, 2.75) is 10.6 Å². The Morgan fingerprint density at radius 2 is 1.65 bits per heavy atom. The molecule has 0 heterocycles. The molecule has 5 nitrogen and oxygen atoms in total. The maximum atomic E-state index is 13.5. The molecule has 20 heavy (non-hydrogen) atoms. The molecule has 0 bridgehead atoms. The molecular weight excluding hydrogens is 285 g/mol. The number of rotatable bonds is 4. The highest BCUT2D eigenvalue weighted by atomic mass is 32.2. The largest absolute Gasteiger partial charge is 0.269 e. The second-order valence-electron chi connectivity index (χ2n) is 4.11. The Labute approximate surface area is 114 Å². The van der Waals surface area contributed by atoms with Gasteiger partial charge < -0.3 is 0 Å². The molecule has 0 aliphatic carbocycles. The summed E-state index contributed by atoms with van der Waals surface area (Å²) in [5.41, 5.74) is 0.232. The van der Waals surface area contributed by atoms with Crippen LogP contribution in [0.1, 0.15) is 5.56 Å². The summed E-state index contributed by atoms with van der Waals surface area (Å²) in [6.45, 7) is 0. The highest BCUT2D eigenvalue weighted by Gasteiger charge is 2.19. The fourth-order valence-electron chi connectivity index (χ4n) is 1.71. The highest BCUT2D eigenvalue weighted by molar-refractivity contribution is 7.90. The van der Waals surface area contributed by atoms with Gasteiger partial charge in [0.05, 0.1) is 10.7 Å². The van der Waals surface area contributed by atoms with Crippen LogP contribution in [0.3, 0.4) is 0 Å². The van der Waals surface area contributed by atoms with Gasteiger partial charge in [-0.3, -0.25) is 10.1 Å². The molecule has 0 saturated heterocycles. The van der Waals surface area contributed by atoms with Crippen molar-refractivity contribution < 1.29 is 17.7 Å². The summed E-state index contributed by atoms with van der Waals surface area (Å²) in [4.78, 5) is 9.55. The molecule has 0 spiro atoms. The van der Waals surface area contributed by atoms with Crippen LogP contribution in [0, 0.1) is 15.9 Å². The van der Waals surface area contributed by atoms with Gasteiger partial charge in [0.2, 0.25) is 0 Å². The summed E-state index contributed by atoms with van der Waals surface area (Å²) in [6.07, 6.45) is 0. The summed E-state index contributed by atoms with van der Waals surface area (Å²) in [6, 6.07) is 10.2. The number of nitrogens with zero attached hydrogens (tertiary/aromatic N) is 1. The molecule has 0 atom stereocenters. The van der Waals surface area contributed by atoms with E-state index in [1.54, 1.807) is 0 Å². The molecule has 0 unspecified atom stereocenters. The van der Waals surface area contributed by atoms with E-state index in [4.69, 9.17) is 0 Å². The van der Waals surface area contributed by atoms with E-state index in [1.165, 1.54) is 42.5 Å². The zero-order chi connectivity index (χ0) is 14.8. The van der Waals surface area contributed by atoms with Crippen molar-refractivity contribution >= 4 is 15.5 Å². The molecule has 0 amide bonds. The fraction of sp³-hybridized carbons (Fsp3) is 0.0769. The summed E-state index contributed by atoms with van der Waals surface area (Å²) in [7, 11) is -3.82.